The summed E-state index contributed by atoms with van der Waals surface area (Å²) in [5.74, 6) is 1.00. The molecule has 0 bridgehead atoms. The van der Waals surface area contributed by atoms with E-state index in [0.29, 0.717) is 0 Å². The van der Waals surface area contributed by atoms with Crippen LogP contribution in [0.3, 0.4) is 0 Å². The van der Waals surface area contributed by atoms with Crippen molar-refractivity contribution in [3.8, 4) is 0 Å². The molecular formula is C13H14BrNO. The molecule has 0 radical (unpaired) electrons. The molecule has 3 rings (SSSR count). The van der Waals surface area contributed by atoms with E-state index in [4.69, 9.17) is 0 Å². The van der Waals surface area contributed by atoms with Gasteiger partial charge in [0, 0.05) is 23.1 Å². The van der Waals surface area contributed by atoms with Crippen LogP contribution < -0.4 is 0 Å². The van der Waals surface area contributed by atoms with Crippen LogP contribution in [0.4, 0.5) is 0 Å². The van der Waals surface area contributed by atoms with Crippen molar-refractivity contribution in [2.45, 2.75) is 19.3 Å². The van der Waals surface area contributed by atoms with Gasteiger partial charge in [0.1, 0.15) is 0 Å². The lowest BCUT2D eigenvalue weighted by atomic mass is 9.99. The largest absolute Gasteiger partial charge is 0.338 e. The van der Waals surface area contributed by atoms with Crippen LogP contribution in [0.1, 0.15) is 28.8 Å². The van der Waals surface area contributed by atoms with Crippen LogP contribution in [0.15, 0.2) is 22.7 Å². The van der Waals surface area contributed by atoms with Gasteiger partial charge >= 0.3 is 0 Å². The second-order valence-electron chi connectivity index (χ2n) is 4.75. The standard InChI is InChI=1S/C13H14BrNO/c14-11-3-4-12-10(7-11)5-6-15(13(12)16)8-9-1-2-9/h3-4,7,9H,1-2,5-6,8H2. The van der Waals surface area contributed by atoms with Crippen molar-refractivity contribution in [1.29, 1.82) is 0 Å². The maximum atomic E-state index is 12.2. The number of hydrogen-bond acceptors (Lipinski definition) is 1. The van der Waals surface area contributed by atoms with Crippen molar-refractivity contribution in [1.82, 2.24) is 4.90 Å². The second kappa shape index (κ2) is 3.88. The highest BCUT2D eigenvalue weighted by molar-refractivity contribution is 9.10. The molecule has 0 atom stereocenters. The van der Waals surface area contributed by atoms with Crippen LogP contribution >= 0.6 is 15.9 Å². The first-order valence-electron chi connectivity index (χ1n) is 5.82. The van der Waals surface area contributed by atoms with E-state index < -0.39 is 0 Å². The van der Waals surface area contributed by atoms with Gasteiger partial charge in [-0.05, 0) is 48.9 Å². The van der Waals surface area contributed by atoms with Gasteiger partial charge in [0.05, 0.1) is 0 Å². The van der Waals surface area contributed by atoms with E-state index >= 15 is 0 Å². The average Bonchev–Trinajstić information content (AvgIpc) is 3.06. The normalized spacial score (nSPS) is 19.8. The number of benzene rings is 1. The van der Waals surface area contributed by atoms with Gasteiger partial charge in [-0.15, -0.1) is 0 Å². The molecule has 1 aliphatic carbocycles. The maximum Gasteiger partial charge on any atom is 0.254 e. The average molecular weight is 280 g/mol. The molecule has 1 amide bonds. The van der Waals surface area contributed by atoms with Crippen LogP contribution in [-0.4, -0.2) is 23.9 Å². The fourth-order valence-corrected chi connectivity index (χ4v) is 2.70. The van der Waals surface area contributed by atoms with Crippen LogP contribution in [0.2, 0.25) is 0 Å². The summed E-state index contributed by atoms with van der Waals surface area (Å²) >= 11 is 3.45. The summed E-state index contributed by atoms with van der Waals surface area (Å²) in [4.78, 5) is 14.2. The quantitative estimate of drug-likeness (QED) is 0.815. The van der Waals surface area contributed by atoms with Crippen molar-refractivity contribution in [2.24, 2.45) is 5.92 Å². The van der Waals surface area contributed by atoms with E-state index in [1.165, 1.54) is 18.4 Å². The van der Waals surface area contributed by atoms with Gasteiger partial charge < -0.3 is 4.90 Å². The third kappa shape index (κ3) is 1.88. The van der Waals surface area contributed by atoms with Gasteiger partial charge in [-0.1, -0.05) is 15.9 Å². The molecule has 3 heteroatoms. The number of carbonyl (C=O) groups is 1. The van der Waals surface area contributed by atoms with Crippen LogP contribution in [0.25, 0.3) is 0 Å². The lowest BCUT2D eigenvalue weighted by Gasteiger charge is -2.28. The molecule has 0 spiro atoms. The molecule has 2 aliphatic rings. The van der Waals surface area contributed by atoms with Crippen molar-refractivity contribution in [3.05, 3.63) is 33.8 Å². The van der Waals surface area contributed by atoms with Crippen molar-refractivity contribution < 1.29 is 4.79 Å². The van der Waals surface area contributed by atoms with E-state index in [9.17, 15) is 4.79 Å². The molecule has 2 nitrogen and oxygen atoms in total. The Morgan fingerprint density at radius 2 is 2.19 bits per heavy atom. The lowest BCUT2D eigenvalue weighted by molar-refractivity contribution is 0.0732. The highest BCUT2D eigenvalue weighted by Crippen LogP contribution is 2.31. The first-order chi connectivity index (χ1) is 7.74. The molecule has 16 heavy (non-hydrogen) atoms. The fourth-order valence-electron chi connectivity index (χ4n) is 2.29. The number of hydrogen-bond donors (Lipinski definition) is 0. The van der Waals surface area contributed by atoms with Gasteiger partial charge in [-0.3, -0.25) is 4.79 Å². The summed E-state index contributed by atoms with van der Waals surface area (Å²) in [6, 6.07) is 5.97. The molecule has 0 saturated heterocycles. The Balaban J connectivity index is 1.86. The van der Waals surface area contributed by atoms with Crippen molar-refractivity contribution in [3.63, 3.8) is 0 Å². The second-order valence-corrected chi connectivity index (χ2v) is 5.66. The minimum absolute atomic E-state index is 0.223. The van der Waals surface area contributed by atoms with Crippen LogP contribution in [-0.2, 0) is 6.42 Å². The van der Waals surface area contributed by atoms with Gasteiger partial charge in [0.25, 0.3) is 5.91 Å². The molecule has 1 fully saturated rings. The summed E-state index contributed by atoms with van der Waals surface area (Å²) in [7, 11) is 0. The SMILES string of the molecule is O=C1c2ccc(Br)cc2CCN1CC1CC1. The smallest absolute Gasteiger partial charge is 0.254 e. The van der Waals surface area contributed by atoms with E-state index in [1.54, 1.807) is 0 Å². The lowest BCUT2D eigenvalue weighted by Crippen LogP contribution is -2.38. The summed E-state index contributed by atoms with van der Waals surface area (Å²) in [5, 5.41) is 0. The molecule has 1 aliphatic heterocycles. The van der Waals surface area contributed by atoms with Crippen LogP contribution in [0, 0.1) is 5.92 Å². The molecule has 0 N–H and O–H groups in total. The zero-order valence-electron chi connectivity index (χ0n) is 9.08. The van der Waals surface area contributed by atoms with Gasteiger partial charge in [0.2, 0.25) is 0 Å². The van der Waals surface area contributed by atoms with Crippen LogP contribution in [0.5, 0.6) is 0 Å². The molecule has 1 aromatic rings. The van der Waals surface area contributed by atoms with E-state index in [-0.39, 0.29) is 5.91 Å². The van der Waals surface area contributed by atoms with E-state index in [1.807, 2.05) is 17.0 Å². The van der Waals surface area contributed by atoms with Gasteiger partial charge in [-0.2, -0.15) is 0 Å². The number of fused-ring (bicyclic) bond motifs is 1. The number of amides is 1. The third-order valence-corrected chi connectivity index (χ3v) is 3.90. The Hall–Kier alpha value is -0.830. The fraction of sp³-hybridized carbons (Fsp3) is 0.462. The first-order valence-corrected chi connectivity index (χ1v) is 6.61. The molecule has 0 unspecified atom stereocenters. The summed E-state index contributed by atoms with van der Waals surface area (Å²) in [6.07, 6.45) is 3.60. The Labute approximate surface area is 104 Å². The Bertz CT molecular complexity index is 440. The molecular weight excluding hydrogens is 266 g/mol. The van der Waals surface area contributed by atoms with Crippen molar-refractivity contribution in [2.75, 3.05) is 13.1 Å². The third-order valence-electron chi connectivity index (χ3n) is 3.41. The highest BCUT2D eigenvalue weighted by Gasteiger charge is 2.30. The zero-order chi connectivity index (χ0) is 11.1. The predicted molar refractivity (Wildman–Crippen MR) is 66.5 cm³/mol. The Kier molecular flexibility index (Phi) is 2.51. The topological polar surface area (TPSA) is 20.3 Å². The zero-order valence-corrected chi connectivity index (χ0v) is 10.7. The summed E-state index contributed by atoms with van der Waals surface area (Å²) in [5.41, 5.74) is 2.08. The number of rotatable bonds is 2. The minimum Gasteiger partial charge on any atom is -0.338 e. The monoisotopic (exact) mass is 279 g/mol. The molecule has 1 heterocycles. The maximum absolute atomic E-state index is 12.2. The predicted octanol–water partition coefficient (Wildman–Crippen LogP) is 2.86. The van der Waals surface area contributed by atoms with Gasteiger partial charge in [-0.25, -0.2) is 0 Å². The van der Waals surface area contributed by atoms with Gasteiger partial charge in [0.15, 0.2) is 0 Å². The van der Waals surface area contributed by atoms with E-state index in [2.05, 4.69) is 22.0 Å². The number of carbonyl (C=O) groups excluding carboxylic acids is 1. The van der Waals surface area contributed by atoms with E-state index in [0.717, 1.165) is 35.5 Å². The Morgan fingerprint density at radius 1 is 1.38 bits per heavy atom. The number of nitrogens with zero attached hydrogens (tertiary/aromatic N) is 1. The van der Waals surface area contributed by atoms with Crippen molar-refractivity contribution >= 4 is 21.8 Å². The molecule has 84 valence electrons. The highest BCUT2D eigenvalue weighted by atomic mass is 79.9. The first kappa shape index (κ1) is 10.3. The minimum atomic E-state index is 0.223. The number of halogens is 1. The summed E-state index contributed by atoms with van der Waals surface area (Å²) in [6.45, 7) is 1.85. The summed E-state index contributed by atoms with van der Waals surface area (Å²) < 4.78 is 1.06. The molecule has 1 aromatic carbocycles. The molecule has 0 aromatic heterocycles. The Morgan fingerprint density at radius 3 is 2.94 bits per heavy atom. The molecule has 1 saturated carbocycles.